The lowest BCUT2D eigenvalue weighted by Gasteiger charge is -2.22. The van der Waals surface area contributed by atoms with Crippen molar-refractivity contribution in [3.63, 3.8) is 0 Å². The van der Waals surface area contributed by atoms with Gasteiger partial charge in [0.25, 0.3) is 0 Å². The number of ether oxygens (including phenoxy) is 1. The lowest BCUT2D eigenvalue weighted by molar-refractivity contribution is -0.118. The summed E-state index contributed by atoms with van der Waals surface area (Å²) in [7, 11) is 1.63. The van der Waals surface area contributed by atoms with Crippen molar-refractivity contribution in [2.45, 2.75) is 51.6 Å². The summed E-state index contributed by atoms with van der Waals surface area (Å²) >= 11 is 1.35. The summed E-state index contributed by atoms with van der Waals surface area (Å²) < 4.78 is 7.26. The number of hydrogen-bond donors (Lipinski definition) is 1. The predicted molar refractivity (Wildman–Crippen MR) is 130 cm³/mol. The van der Waals surface area contributed by atoms with Crippen molar-refractivity contribution in [2.24, 2.45) is 0 Å². The number of aryl methyl sites for hydroxylation is 2. The van der Waals surface area contributed by atoms with Gasteiger partial charge >= 0.3 is 0 Å². The van der Waals surface area contributed by atoms with Gasteiger partial charge in [0.15, 0.2) is 5.16 Å². The van der Waals surface area contributed by atoms with Crippen LogP contribution in [0, 0.1) is 13.8 Å². The van der Waals surface area contributed by atoms with E-state index in [4.69, 9.17) is 4.74 Å². The summed E-state index contributed by atoms with van der Waals surface area (Å²) in [6.45, 7) is 11.6. The number of nitrogens with zero attached hydrogens (tertiary/aromatic N) is 3. The topological polar surface area (TPSA) is 69.0 Å². The van der Waals surface area contributed by atoms with E-state index in [-0.39, 0.29) is 17.1 Å². The van der Waals surface area contributed by atoms with Crippen LogP contribution in [0.4, 0.5) is 0 Å². The standard InChI is InChI=1S/C25H32N4O2S/c1-17-13-19(25(3,4)5)14-18(2)20(17)11-12-26-23(30)15-32-24-28-27-16-29(24)21-9-7-8-10-22(21)31-6/h7-10,13-14,16H,11-12,15H2,1-6H3,(H,26,30). The van der Waals surface area contributed by atoms with E-state index >= 15 is 0 Å². The number of benzene rings is 2. The molecule has 0 radical (unpaired) electrons. The zero-order chi connectivity index (χ0) is 23.3. The second kappa shape index (κ2) is 10.2. The Balaban J connectivity index is 1.56. The van der Waals surface area contributed by atoms with Crippen molar-refractivity contribution in [1.82, 2.24) is 20.1 Å². The van der Waals surface area contributed by atoms with E-state index in [1.807, 2.05) is 28.8 Å². The summed E-state index contributed by atoms with van der Waals surface area (Å²) in [5.74, 6) is 0.974. The van der Waals surface area contributed by atoms with E-state index < -0.39 is 0 Å². The molecular formula is C25H32N4O2S. The number of hydrogen-bond acceptors (Lipinski definition) is 5. The molecule has 0 saturated heterocycles. The molecule has 1 aromatic heterocycles. The van der Waals surface area contributed by atoms with Crippen LogP contribution in [0.1, 0.15) is 43.0 Å². The molecule has 170 valence electrons. The minimum absolute atomic E-state index is 0.0220. The highest BCUT2D eigenvalue weighted by Gasteiger charge is 2.17. The SMILES string of the molecule is COc1ccccc1-n1cnnc1SCC(=O)NCCc1c(C)cc(C(C)(C)C)cc1C. The molecule has 0 unspecified atom stereocenters. The summed E-state index contributed by atoms with van der Waals surface area (Å²) in [6.07, 6.45) is 2.45. The molecule has 6 nitrogen and oxygen atoms in total. The Bertz CT molecular complexity index is 1060. The van der Waals surface area contributed by atoms with Gasteiger partial charge in [-0.2, -0.15) is 0 Å². The maximum atomic E-state index is 12.4. The van der Waals surface area contributed by atoms with Crippen LogP contribution in [0.2, 0.25) is 0 Å². The molecule has 0 fully saturated rings. The highest BCUT2D eigenvalue weighted by atomic mass is 32.2. The fourth-order valence-electron chi connectivity index (χ4n) is 3.65. The fraction of sp³-hybridized carbons (Fsp3) is 0.400. The summed E-state index contributed by atoms with van der Waals surface area (Å²) in [6, 6.07) is 12.2. The van der Waals surface area contributed by atoms with Crippen LogP contribution >= 0.6 is 11.8 Å². The first kappa shape index (κ1) is 23.9. The van der Waals surface area contributed by atoms with Gasteiger partial charge in [-0.3, -0.25) is 9.36 Å². The van der Waals surface area contributed by atoms with E-state index in [1.165, 1.54) is 34.0 Å². The number of para-hydroxylation sites is 2. The van der Waals surface area contributed by atoms with Crippen molar-refractivity contribution < 1.29 is 9.53 Å². The Kier molecular flexibility index (Phi) is 7.61. The van der Waals surface area contributed by atoms with Gasteiger partial charge in [0.2, 0.25) is 5.91 Å². The maximum absolute atomic E-state index is 12.4. The van der Waals surface area contributed by atoms with E-state index in [2.05, 4.69) is 62.3 Å². The smallest absolute Gasteiger partial charge is 0.230 e. The molecular weight excluding hydrogens is 420 g/mol. The van der Waals surface area contributed by atoms with E-state index in [1.54, 1.807) is 13.4 Å². The molecule has 3 aromatic rings. The average molecular weight is 453 g/mol. The van der Waals surface area contributed by atoms with Crippen LogP contribution in [0.25, 0.3) is 5.69 Å². The van der Waals surface area contributed by atoms with Crippen molar-refractivity contribution in [3.05, 3.63) is 65.0 Å². The molecule has 3 rings (SSSR count). The van der Waals surface area contributed by atoms with Crippen LogP contribution in [0.15, 0.2) is 47.9 Å². The Morgan fingerprint density at radius 2 is 1.84 bits per heavy atom. The zero-order valence-corrected chi connectivity index (χ0v) is 20.5. The molecule has 1 N–H and O–H groups in total. The third kappa shape index (κ3) is 5.71. The largest absolute Gasteiger partial charge is 0.495 e. The van der Waals surface area contributed by atoms with Crippen LogP contribution in [-0.2, 0) is 16.6 Å². The number of carbonyl (C=O) groups excluding carboxylic acids is 1. The molecule has 0 bridgehead atoms. The van der Waals surface area contributed by atoms with Gasteiger partial charge in [0, 0.05) is 6.54 Å². The predicted octanol–water partition coefficient (Wildman–Crippen LogP) is 4.64. The Hall–Kier alpha value is -2.80. The summed E-state index contributed by atoms with van der Waals surface area (Å²) in [4.78, 5) is 12.4. The van der Waals surface area contributed by atoms with Crippen LogP contribution < -0.4 is 10.1 Å². The molecule has 0 aliphatic heterocycles. The molecule has 2 aromatic carbocycles. The normalized spacial score (nSPS) is 11.4. The first-order valence-corrected chi connectivity index (χ1v) is 11.7. The first-order chi connectivity index (χ1) is 15.2. The van der Waals surface area contributed by atoms with Gasteiger partial charge in [0.05, 0.1) is 18.6 Å². The quantitative estimate of drug-likeness (QED) is 0.504. The summed E-state index contributed by atoms with van der Waals surface area (Å²) in [5, 5.41) is 11.8. The summed E-state index contributed by atoms with van der Waals surface area (Å²) in [5.41, 5.74) is 6.18. The number of nitrogens with one attached hydrogen (secondary N) is 1. The molecule has 0 aliphatic rings. The van der Waals surface area contributed by atoms with E-state index in [0.29, 0.717) is 11.7 Å². The molecule has 1 amide bonds. The molecule has 0 spiro atoms. The van der Waals surface area contributed by atoms with Crippen molar-refractivity contribution in [3.8, 4) is 11.4 Å². The number of aromatic nitrogens is 3. The first-order valence-electron chi connectivity index (χ1n) is 10.7. The van der Waals surface area contributed by atoms with Crippen molar-refractivity contribution in [1.29, 1.82) is 0 Å². The van der Waals surface area contributed by atoms with E-state index in [0.717, 1.165) is 17.9 Å². The van der Waals surface area contributed by atoms with Gasteiger partial charge in [-0.1, -0.05) is 56.8 Å². The van der Waals surface area contributed by atoms with Gasteiger partial charge in [-0.05, 0) is 60.1 Å². The van der Waals surface area contributed by atoms with Crippen molar-refractivity contribution >= 4 is 17.7 Å². The second-order valence-corrected chi connectivity index (χ2v) is 9.83. The number of rotatable bonds is 8. The Morgan fingerprint density at radius 1 is 1.16 bits per heavy atom. The molecule has 32 heavy (non-hydrogen) atoms. The number of carbonyl (C=O) groups is 1. The molecule has 0 aliphatic carbocycles. The van der Waals surface area contributed by atoms with Gasteiger partial charge < -0.3 is 10.1 Å². The number of thioether (sulfide) groups is 1. The molecule has 7 heteroatoms. The highest BCUT2D eigenvalue weighted by Crippen LogP contribution is 2.28. The zero-order valence-electron chi connectivity index (χ0n) is 19.7. The van der Waals surface area contributed by atoms with E-state index in [9.17, 15) is 4.79 Å². The minimum Gasteiger partial charge on any atom is -0.495 e. The fourth-order valence-corrected chi connectivity index (χ4v) is 4.40. The molecule has 0 saturated carbocycles. The van der Waals surface area contributed by atoms with Gasteiger partial charge in [-0.15, -0.1) is 10.2 Å². The Labute approximate surface area is 194 Å². The van der Waals surface area contributed by atoms with Crippen LogP contribution in [-0.4, -0.2) is 40.1 Å². The number of methoxy groups -OCH3 is 1. The van der Waals surface area contributed by atoms with Crippen LogP contribution in [0.5, 0.6) is 5.75 Å². The minimum atomic E-state index is -0.0220. The van der Waals surface area contributed by atoms with Gasteiger partial charge in [-0.25, -0.2) is 0 Å². The highest BCUT2D eigenvalue weighted by molar-refractivity contribution is 7.99. The second-order valence-electron chi connectivity index (χ2n) is 8.88. The van der Waals surface area contributed by atoms with Gasteiger partial charge in [0.1, 0.15) is 12.1 Å². The molecule has 0 atom stereocenters. The lowest BCUT2D eigenvalue weighted by Crippen LogP contribution is -2.27. The molecule has 1 heterocycles. The average Bonchev–Trinajstić information content (AvgIpc) is 3.21. The monoisotopic (exact) mass is 452 g/mol. The Morgan fingerprint density at radius 3 is 2.50 bits per heavy atom. The maximum Gasteiger partial charge on any atom is 0.230 e. The third-order valence-electron chi connectivity index (χ3n) is 5.45. The lowest BCUT2D eigenvalue weighted by atomic mass is 9.83. The van der Waals surface area contributed by atoms with Crippen molar-refractivity contribution in [2.75, 3.05) is 19.4 Å². The van der Waals surface area contributed by atoms with Crippen LogP contribution in [0.3, 0.4) is 0 Å². The third-order valence-corrected chi connectivity index (χ3v) is 6.40. The number of amides is 1.